The first-order chi connectivity index (χ1) is 13.6. The molecular weight excluding hydrogens is 384 g/mol. The normalized spacial score (nSPS) is 13.3. The summed E-state index contributed by atoms with van der Waals surface area (Å²) in [5, 5.41) is 17.0. The molecule has 0 aromatic carbocycles. The van der Waals surface area contributed by atoms with Crippen LogP contribution in [0.3, 0.4) is 0 Å². The SMILES string of the molecule is O=[N+]([O-])NC1=NCCN1Cc1ccc(NCCNCc2ccc(Cl)nc2)nc1. The van der Waals surface area contributed by atoms with E-state index in [4.69, 9.17) is 11.6 Å². The Morgan fingerprint density at radius 3 is 2.68 bits per heavy atom. The smallest absolute Gasteiger partial charge is 0.257 e. The van der Waals surface area contributed by atoms with Crippen LogP contribution in [0.15, 0.2) is 41.7 Å². The molecule has 0 amide bonds. The monoisotopic (exact) mass is 404 g/mol. The highest BCUT2D eigenvalue weighted by Crippen LogP contribution is 2.10. The van der Waals surface area contributed by atoms with Crippen molar-refractivity contribution in [3.05, 3.63) is 63.1 Å². The van der Waals surface area contributed by atoms with Crippen LogP contribution < -0.4 is 16.1 Å². The number of nitro groups is 1. The van der Waals surface area contributed by atoms with E-state index >= 15 is 0 Å². The second kappa shape index (κ2) is 9.81. The van der Waals surface area contributed by atoms with Gasteiger partial charge in [0.25, 0.3) is 5.96 Å². The summed E-state index contributed by atoms with van der Waals surface area (Å²) in [4.78, 5) is 24.9. The standard InChI is InChI=1S/C17H21ClN8O2/c18-15-3-1-13(10-22-15)9-19-5-6-20-16-4-2-14(11-23-16)12-25-8-7-21-17(25)24-26(27)28/h1-4,10-11,19H,5-9,12H2,(H,20,23)(H,21,24). The Morgan fingerprint density at radius 1 is 1.14 bits per heavy atom. The van der Waals surface area contributed by atoms with Crippen molar-refractivity contribution in [2.24, 2.45) is 4.99 Å². The lowest BCUT2D eigenvalue weighted by Crippen LogP contribution is -2.40. The summed E-state index contributed by atoms with van der Waals surface area (Å²) in [7, 11) is 0. The second-order valence-corrected chi connectivity index (χ2v) is 6.53. The number of halogens is 1. The summed E-state index contributed by atoms with van der Waals surface area (Å²) in [6.07, 6.45) is 3.51. The first-order valence-electron chi connectivity index (χ1n) is 8.80. The third-order valence-corrected chi connectivity index (χ3v) is 4.27. The van der Waals surface area contributed by atoms with Gasteiger partial charge in [-0.15, -0.1) is 0 Å². The number of guanidine groups is 1. The van der Waals surface area contributed by atoms with E-state index in [9.17, 15) is 10.1 Å². The van der Waals surface area contributed by atoms with Crippen LogP contribution in [-0.2, 0) is 13.1 Å². The molecule has 0 aliphatic carbocycles. The minimum absolute atomic E-state index is 0.286. The minimum atomic E-state index is -0.597. The number of nitrogens with one attached hydrogen (secondary N) is 3. The molecule has 3 rings (SSSR count). The summed E-state index contributed by atoms with van der Waals surface area (Å²) in [5.74, 6) is 1.06. The summed E-state index contributed by atoms with van der Waals surface area (Å²) < 4.78 is 0. The van der Waals surface area contributed by atoms with Crippen molar-refractivity contribution < 1.29 is 5.03 Å². The summed E-state index contributed by atoms with van der Waals surface area (Å²) in [6, 6.07) is 7.55. The van der Waals surface area contributed by atoms with E-state index in [0.717, 1.165) is 36.6 Å². The predicted octanol–water partition coefficient (Wildman–Crippen LogP) is 1.28. The average molecular weight is 405 g/mol. The number of aliphatic imine (C=N–C) groups is 1. The Balaban J connectivity index is 1.38. The highest BCUT2D eigenvalue weighted by molar-refractivity contribution is 6.29. The molecule has 0 unspecified atom stereocenters. The highest BCUT2D eigenvalue weighted by Gasteiger charge is 2.20. The minimum Gasteiger partial charge on any atom is -0.369 e. The van der Waals surface area contributed by atoms with Crippen molar-refractivity contribution in [2.45, 2.75) is 13.1 Å². The van der Waals surface area contributed by atoms with Crippen LogP contribution in [-0.4, -0.2) is 52.0 Å². The van der Waals surface area contributed by atoms with Crippen molar-refractivity contribution in [2.75, 3.05) is 31.5 Å². The third kappa shape index (κ3) is 6.03. The Labute approximate surface area is 167 Å². The van der Waals surface area contributed by atoms with Gasteiger partial charge in [0.2, 0.25) is 0 Å². The Kier molecular flexibility index (Phi) is 6.93. The predicted molar refractivity (Wildman–Crippen MR) is 107 cm³/mol. The number of rotatable bonds is 9. The zero-order valence-electron chi connectivity index (χ0n) is 15.1. The second-order valence-electron chi connectivity index (χ2n) is 6.14. The zero-order chi connectivity index (χ0) is 19.8. The Bertz CT molecular complexity index is 813. The molecule has 0 saturated heterocycles. The van der Waals surface area contributed by atoms with Gasteiger partial charge in [-0.2, -0.15) is 0 Å². The third-order valence-electron chi connectivity index (χ3n) is 4.05. The first kappa shape index (κ1) is 19.8. The summed E-state index contributed by atoms with van der Waals surface area (Å²) in [6.45, 7) is 3.92. The zero-order valence-corrected chi connectivity index (χ0v) is 15.9. The van der Waals surface area contributed by atoms with E-state index < -0.39 is 5.03 Å². The van der Waals surface area contributed by atoms with Crippen LogP contribution in [0.4, 0.5) is 5.82 Å². The van der Waals surface area contributed by atoms with E-state index in [1.54, 1.807) is 18.5 Å². The number of pyridine rings is 2. The van der Waals surface area contributed by atoms with Gasteiger partial charge in [-0.25, -0.2) is 25.1 Å². The highest BCUT2D eigenvalue weighted by atomic mass is 35.5. The molecule has 0 bridgehead atoms. The maximum absolute atomic E-state index is 10.6. The number of anilines is 1. The van der Waals surface area contributed by atoms with E-state index in [1.807, 2.05) is 23.1 Å². The van der Waals surface area contributed by atoms with Gasteiger partial charge in [-0.05, 0) is 23.3 Å². The lowest BCUT2D eigenvalue weighted by molar-refractivity contribution is -0.526. The van der Waals surface area contributed by atoms with Gasteiger partial charge >= 0.3 is 0 Å². The molecule has 3 heterocycles. The van der Waals surface area contributed by atoms with Crippen LogP contribution in [0.5, 0.6) is 0 Å². The fraction of sp³-hybridized carbons (Fsp3) is 0.353. The molecule has 10 nitrogen and oxygen atoms in total. The fourth-order valence-corrected chi connectivity index (χ4v) is 2.80. The molecule has 0 saturated carbocycles. The fourth-order valence-electron chi connectivity index (χ4n) is 2.69. The lowest BCUT2D eigenvalue weighted by Gasteiger charge is -2.17. The first-order valence-corrected chi connectivity index (χ1v) is 9.18. The molecule has 0 atom stereocenters. The molecule has 2 aromatic heterocycles. The van der Waals surface area contributed by atoms with Gasteiger partial charge in [0, 0.05) is 45.1 Å². The van der Waals surface area contributed by atoms with Gasteiger partial charge < -0.3 is 15.5 Å². The van der Waals surface area contributed by atoms with Crippen LogP contribution in [0.1, 0.15) is 11.1 Å². The van der Waals surface area contributed by atoms with Crippen molar-refractivity contribution >= 4 is 23.4 Å². The number of hydrazine groups is 1. The van der Waals surface area contributed by atoms with Crippen LogP contribution in [0.2, 0.25) is 5.15 Å². The van der Waals surface area contributed by atoms with Crippen molar-refractivity contribution in [3.63, 3.8) is 0 Å². The molecule has 1 aliphatic heterocycles. The molecule has 3 N–H and O–H groups in total. The molecule has 0 spiro atoms. The largest absolute Gasteiger partial charge is 0.369 e. The molecule has 0 radical (unpaired) electrons. The van der Waals surface area contributed by atoms with Gasteiger partial charge in [-0.1, -0.05) is 29.2 Å². The van der Waals surface area contributed by atoms with E-state index in [-0.39, 0.29) is 5.96 Å². The Morgan fingerprint density at radius 2 is 1.96 bits per heavy atom. The maximum Gasteiger partial charge on any atom is 0.257 e. The van der Waals surface area contributed by atoms with E-state index in [1.165, 1.54) is 0 Å². The average Bonchev–Trinajstić information content (AvgIpc) is 3.10. The van der Waals surface area contributed by atoms with Crippen LogP contribution >= 0.6 is 11.6 Å². The topological polar surface area (TPSA) is 121 Å². The number of nitrogens with zero attached hydrogens (tertiary/aromatic N) is 5. The molecule has 11 heteroatoms. The molecule has 2 aromatic rings. The van der Waals surface area contributed by atoms with Gasteiger partial charge in [-0.3, -0.25) is 0 Å². The van der Waals surface area contributed by atoms with Crippen molar-refractivity contribution in [1.82, 2.24) is 25.6 Å². The molecule has 1 aliphatic rings. The molecular formula is C17H21ClN8O2. The molecule has 148 valence electrons. The molecule has 0 fully saturated rings. The van der Waals surface area contributed by atoms with E-state index in [0.29, 0.717) is 24.8 Å². The maximum atomic E-state index is 10.6. The quantitative estimate of drug-likeness (QED) is 0.247. The molecule has 28 heavy (non-hydrogen) atoms. The van der Waals surface area contributed by atoms with E-state index in [2.05, 4.69) is 31.0 Å². The van der Waals surface area contributed by atoms with Gasteiger partial charge in [0.05, 0.1) is 6.54 Å². The van der Waals surface area contributed by atoms with Crippen LogP contribution in [0, 0.1) is 10.1 Å². The van der Waals surface area contributed by atoms with Gasteiger partial charge in [0.1, 0.15) is 11.0 Å². The van der Waals surface area contributed by atoms with Gasteiger partial charge in [0.15, 0.2) is 5.03 Å². The summed E-state index contributed by atoms with van der Waals surface area (Å²) >= 11 is 5.76. The van der Waals surface area contributed by atoms with Crippen molar-refractivity contribution in [3.8, 4) is 0 Å². The van der Waals surface area contributed by atoms with Crippen molar-refractivity contribution in [1.29, 1.82) is 0 Å². The lowest BCUT2D eigenvalue weighted by atomic mass is 10.2. The number of hydrogen-bond donors (Lipinski definition) is 3. The number of hydrogen-bond acceptors (Lipinski definition) is 8. The van der Waals surface area contributed by atoms with Crippen LogP contribution in [0.25, 0.3) is 0 Å². The Hall–Kier alpha value is -2.98. The summed E-state index contributed by atoms with van der Waals surface area (Å²) in [5.41, 5.74) is 4.16. The number of aromatic nitrogens is 2.